The number of nitrogens with one attached hydrogen (secondary N) is 3. The van der Waals surface area contributed by atoms with Gasteiger partial charge in [-0.3, -0.25) is 14.5 Å². The summed E-state index contributed by atoms with van der Waals surface area (Å²) in [7, 11) is 1.68. The highest BCUT2D eigenvalue weighted by Crippen LogP contribution is 2.34. The van der Waals surface area contributed by atoms with Crippen molar-refractivity contribution in [3.8, 4) is 5.75 Å². The standard InChI is InChI=1S/C24H27BrN4O3/c1-32-17-6-7-21-18(12-17)19(13-26-21)16-8-10-29(11-9-16)15-24(31)27-14-23(30)28-22-5-3-2-4-20(22)25/h2-7,12-13,16,26H,8-11,14-15H2,1H3,(H,27,31)(H,28,30). The highest BCUT2D eigenvalue weighted by Gasteiger charge is 2.24. The monoisotopic (exact) mass is 498 g/mol. The number of methoxy groups -OCH3 is 1. The fourth-order valence-corrected chi connectivity index (χ4v) is 4.57. The molecule has 0 saturated carbocycles. The normalized spacial score (nSPS) is 14.9. The van der Waals surface area contributed by atoms with E-state index < -0.39 is 0 Å². The Morgan fingerprint density at radius 3 is 2.69 bits per heavy atom. The maximum Gasteiger partial charge on any atom is 0.243 e. The van der Waals surface area contributed by atoms with Crippen LogP contribution in [0.25, 0.3) is 10.9 Å². The van der Waals surface area contributed by atoms with Crippen LogP contribution in [-0.4, -0.2) is 55.0 Å². The molecule has 32 heavy (non-hydrogen) atoms. The molecule has 0 atom stereocenters. The second kappa shape index (κ2) is 10.2. The van der Waals surface area contributed by atoms with Crippen LogP contribution in [-0.2, 0) is 9.59 Å². The highest BCUT2D eigenvalue weighted by atomic mass is 79.9. The zero-order valence-electron chi connectivity index (χ0n) is 18.0. The number of ether oxygens (including phenoxy) is 1. The van der Waals surface area contributed by atoms with Gasteiger partial charge in [0.2, 0.25) is 11.8 Å². The van der Waals surface area contributed by atoms with E-state index in [-0.39, 0.29) is 18.4 Å². The lowest BCUT2D eigenvalue weighted by Gasteiger charge is -2.31. The summed E-state index contributed by atoms with van der Waals surface area (Å²) in [5.41, 5.74) is 3.11. The molecular formula is C24H27BrN4O3. The third-order valence-electron chi connectivity index (χ3n) is 5.91. The molecule has 0 unspecified atom stereocenters. The zero-order chi connectivity index (χ0) is 22.5. The second-order valence-electron chi connectivity index (χ2n) is 8.01. The molecule has 1 fully saturated rings. The third-order valence-corrected chi connectivity index (χ3v) is 6.60. The molecule has 3 aromatic rings. The number of benzene rings is 2. The van der Waals surface area contributed by atoms with Crippen molar-refractivity contribution in [3.63, 3.8) is 0 Å². The van der Waals surface area contributed by atoms with Crippen molar-refractivity contribution in [2.45, 2.75) is 18.8 Å². The van der Waals surface area contributed by atoms with Crippen LogP contribution < -0.4 is 15.4 Å². The number of para-hydroxylation sites is 1. The van der Waals surface area contributed by atoms with Gasteiger partial charge in [-0.1, -0.05) is 12.1 Å². The van der Waals surface area contributed by atoms with Gasteiger partial charge in [-0.25, -0.2) is 0 Å². The molecule has 8 heteroatoms. The van der Waals surface area contributed by atoms with E-state index in [0.29, 0.717) is 18.2 Å². The first-order chi connectivity index (χ1) is 15.5. The molecule has 168 valence electrons. The minimum Gasteiger partial charge on any atom is -0.497 e. The number of nitrogens with zero attached hydrogens (tertiary/aromatic N) is 1. The number of fused-ring (bicyclic) bond motifs is 1. The van der Waals surface area contributed by atoms with E-state index in [9.17, 15) is 9.59 Å². The molecule has 3 N–H and O–H groups in total. The molecule has 1 aromatic heterocycles. The predicted molar refractivity (Wildman–Crippen MR) is 129 cm³/mol. The Morgan fingerprint density at radius 1 is 1.16 bits per heavy atom. The van der Waals surface area contributed by atoms with Crippen LogP contribution in [0.4, 0.5) is 5.69 Å². The van der Waals surface area contributed by atoms with Crippen LogP contribution in [0.15, 0.2) is 53.1 Å². The molecular weight excluding hydrogens is 472 g/mol. The molecule has 0 spiro atoms. The Labute approximate surface area is 195 Å². The number of piperidine rings is 1. The second-order valence-corrected chi connectivity index (χ2v) is 8.87. The SMILES string of the molecule is COc1ccc2[nH]cc(C3CCN(CC(=O)NCC(=O)Nc4ccccc4Br)CC3)c2c1. The highest BCUT2D eigenvalue weighted by molar-refractivity contribution is 9.10. The summed E-state index contributed by atoms with van der Waals surface area (Å²) in [5.74, 6) is 0.919. The Hall–Kier alpha value is -2.84. The molecule has 2 heterocycles. The van der Waals surface area contributed by atoms with E-state index in [1.807, 2.05) is 30.3 Å². The van der Waals surface area contributed by atoms with Gasteiger partial charge in [-0.05, 0) is 83.7 Å². The maximum absolute atomic E-state index is 12.3. The number of H-pyrrole nitrogens is 1. The summed E-state index contributed by atoms with van der Waals surface area (Å²) in [6.45, 7) is 1.94. The number of aromatic nitrogens is 1. The van der Waals surface area contributed by atoms with Crippen LogP contribution in [0.3, 0.4) is 0 Å². The Morgan fingerprint density at radius 2 is 1.94 bits per heavy atom. The summed E-state index contributed by atoms with van der Waals surface area (Å²) in [6, 6.07) is 13.5. The predicted octanol–water partition coefficient (Wildman–Crippen LogP) is 3.87. The smallest absolute Gasteiger partial charge is 0.243 e. The Bertz CT molecular complexity index is 1110. The topological polar surface area (TPSA) is 86.5 Å². The average molecular weight is 499 g/mol. The molecule has 2 aromatic carbocycles. The van der Waals surface area contributed by atoms with Crippen molar-refractivity contribution < 1.29 is 14.3 Å². The van der Waals surface area contributed by atoms with Crippen molar-refractivity contribution in [2.24, 2.45) is 0 Å². The van der Waals surface area contributed by atoms with Crippen LogP contribution in [0.1, 0.15) is 24.3 Å². The number of anilines is 1. The van der Waals surface area contributed by atoms with E-state index in [1.165, 1.54) is 10.9 Å². The van der Waals surface area contributed by atoms with E-state index in [1.54, 1.807) is 13.2 Å². The molecule has 2 amide bonds. The van der Waals surface area contributed by atoms with Crippen molar-refractivity contribution in [2.75, 3.05) is 38.6 Å². The number of hydrogen-bond donors (Lipinski definition) is 3. The van der Waals surface area contributed by atoms with Crippen molar-refractivity contribution >= 4 is 44.3 Å². The number of hydrogen-bond acceptors (Lipinski definition) is 4. The van der Waals surface area contributed by atoms with E-state index in [0.717, 1.165) is 41.7 Å². The summed E-state index contributed by atoms with van der Waals surface area (Å²) in [5, 5.41) is 6.71. The van der Waals surface area contributed by atoms with Crippen LogP contribution in [0, 0.1) is 0 Å². The van der Waals surface area contributed by atoms with Crippen molar-refractivity contribution in [3.05, 3.63) is 58.7 Å². The lowest BCUT2D eigenvalue weighted by molar-refractivity contribution is -0.125. The number of aromatic amines is 1. The number of rotatable bonds is 7. The van der Waals surface area contributed by atoms with Crippen LogP contribution in [0.5, 0.6) is 5.75 Å². The fraction of sp³-hybridized carbons (Fsp3) is 0.333. The van der Waals surface area contributed by atoms with Gasteiger partial charge in [0.1, 0.15) is 5.75 Å². The average Bonchev–Trinajstić information content (AvgIpc) is 3.23. The molecule has 4 rings (SSSR count). The Kier molecular flexibility index (Phi) is 7.12. The summed E-state index contributed by atoms with van der Waals surface area (Å²) < 4.78 is 6.18. The molecule has 0 aliphatic carbocycles. The summed E-state index contributed by atoms with van der Waals surface area (Å²) in [4.78, 5) is 29.9. The first kappa shape index (κ1) is 22.4. The number of likely N-dealkylation sites (tertiary alicyclic amines) is 1. The lowest BCUT2D eigenvalue weighted by Crippen LogP contribution is -2.43. The quantitative estimate of drug-likeness (QED) is 0.461. The van der Waals surface area contributed by atoms with Crippen LogP contribution in [0.2, 0.25) is 0 Å². The van der Waals surface area contributed by atoms with Gasteiger partial charge in [0.15, 0.2) is 0 Å². The molecule has 0 bridgehead atoms. The largest absolute Gasteiger partial charge is 0.497 e. The van der Waals surface area contributed by atoms with E-state index in [2.05, 4.69) is 48.7 Å². The molecule has 0 radical (unpaired) electrons. The van der Waals surface area contributed by atoms with Crippen molar-refractivity contribution in [1.82, 2.24) is 15.2 Å². The van der Waals surface area contributed by atoms with Gasteiger partial charge in [-0.15, -0.1) is 0 Å². The van der Waals surface area contributed by atoms with Gasteiger partial charge < -0.3 is 20.4 Å². The third kappa shape index (κ3) is 5.31. The van der Waals surface area contributed by atoms with Gasteiger partial charge in [0.25, 0.3) is 0 Å². The number of carbonyl (C=O) groups is 2. The molecule has 7 nitrogen and oxygen atoms in total. The first-order valence-electron chi connectivity index (χ1n) is 10.7. The minimum atomic E-state index is -0.251. The molecule has 1 saturated heterocycles. The van der Waals surface area contributed by atoms with Crippen LogP contribution >= 0.6 is 15.9 Å². The number of halogens is 1. The van der Waals surface area contributed by atoms with Crippen molar-refractivity contribution in [1.29, 1.82) is 0 Å². The van der Waals surface area contributed by atoms with Gasteiger partial charge in [0, 0.05) is 21.6 Å². The van der Waals surface area contributed by atoms with Gasteiger partial charge in [0.05, 0.1) is 25.9 Å². The van der Waals surface area contributed by atoms with Gasteiger partial charge in [-0.2, -0.15) is 0 Å². The van der Waals surface area contributed by atoms with E-state index >= 15 is 0 Å². The fourth-order valence-electron chi connectivity index (χ4n) is 4.18. The maximum atomic E-state index is 12.3. The van der Waals surface area contributed by atoms with E-state index in [4.69, 9.17) is 4.74 Å². The Balaban J connectivity index is 1.24. The summed E-state index contributed by atoms with van der Waals surface area (Å²) >= 11 is 3.39. The summed E-state index contributed by atoms with van der Waals surface area (Å²) in [6.07, 6.45) is 4.07. The molecule has 1 aliphatic heterocycles. The zero-order valence-corrected chi connectivity index (χ0v) is 19.6. The number of carbonyl (C=O) groups excluding carboxylic acids is 2. The minimum absolute atomic E-state index is 0.0478. The first-order valence-corrected chi connectivity index (χ1v) is 11.5. The molecule has 1 aliphatic rings. The lowest BCUT2D eigenvalue weighted by atomic mass is 9.89. The number of amides is 2. The van der Waals surface area contributed by atoms with Gasteiger partial charge >= 0.3 is 0 Å².